The quantitative estimate of drug-likeness (QED) is 0.719. The van der Waals surface area contributed by atoms with Gasteiger partial charge in [0.05, 0.1) is 19.1 Å². The van der Waals surface area contributed by atoms with Crippen molar-refractivity contribution in [3.63, 3.8) is 0 Å². The number of benzene rings is 1. The number of hydrogen-bond donors (Lipinski definition) is 2. The summed E-state index contributed by atoms with van der Waals surface area (Å²) >= 11 is 1.52. The number of rotatable bonds is 8. The van der Waals surface area contributed by atoms with Gasteiger partial charge in [0.15, 0.2) is 0 Å². The van der Waals surface area contributed by atoms with E-state index in [9.17, 15) is 4.79 Å². The summed E-state index contributed by atoms with van der Waals surface area (Å²) in [6.07, 6.45) is 2.41. The Morgan fingerprint density at radius 1 is 1.17 bits per heavy atom. The number of amides is 1. The average molecular weight is 346 g/mol. The molecule has 3 rings (SSSR count). The van der Waals surface area contributed by atoms with Crippen LogP contribution in [0.15, 0.2) is 29.6 Å². The molecule has 2 aromatic rings. The van der Waals surface area contributed by atoms with Gasteiger partial charge in [-0.15, -0.1) is 11.3 Å². The molecule has 1 aromatic heterocycles. The molecule has 5 nitrogen and oxygen atoms in total. The number of carbonyl (C=O) groups excluding carboxylic acids is 1. The van der Waals surface area contributed by atoms with Gasteiger partial charge in [-0.1, -0.05) is 0 Å². The van der Waals surface area contributed by atoms with Crippen LogP contribution in [-0.2, 0) is 0 Å². The van der Waals surface area contributed by atoms with Gasteiger partial charge < -0.3 is 20.1 Å². The molecular weight excluding hydrogens is 324 g/mol. The summed E-state index contributed by atoms with van der Waals surface area (Å²) in [6, 6.07) is 7.70. The molecule has 1 aromatic carbocycles. The molecule has 1 heterocycles. The lowest BCUT2D eigenvalue weighted by Crippen LogP contribution is -2.28. The molecule has 0 bridgehead atoms. The first-order chi connectivity index (χ1) is 11.7. The zero-order valence-corrected chi connectivity index (χ0v) is 14.7. The minimum atomic E-state index is 0.0249. The molecule has 1 aliphatic carbocycles. The molecule has 1 fully saturated rings. The summed E-state index contributed by atoms with van der Waals surface area (Å²) in [5.41, 5.74) is 2.11. The molecule has 0 saturated heterocycles. The van der Waals surface area contributed by atoms with Crippen molar-refractivity contribution in [1.29, 1.82) is 0 Å². The fourth-order valence-electron chi connectivity index (χ4n) is 2.59. The Bertz CT molecular complexity index is 688. The molecule has 0 radical (unpaired) electrons. The molecule has 0 spiro atoms. The lowest BCUT2D eigenvalue weighted by molar-refractivity contribution is 0.0958. The van der Waals surface area contributed by atoms with Crippen LogP contribution in [0.25, 0.3) is 0 Å². The van der Waals surface area contributed by atoms with E-state index in [0.717, 1.165) is 22.1 Å². The summed E-state index contributed by atoms with van der Waals surface area (Å²) < 4.78 is 10.5. The van der Waals surface area contributed by atoms with Gasteiger partial charge >= 0.3 is 0 Å². The molecule has 24 heavy (non-hydrogen) atoms. The van der Waals surface area contributed by atoms with Gasteiger partial charge in [0.1, 0.15) is 11.5 Å². The van der Waals surface area contributed by atoms with Crippen LogP contribution in [0.4, 0.5) is 5.69 Å². The van der Waals surface area contributed by atoms with E-state index in [4.69, 9.17) is 9.47 Å². The van der Waals surface area contributed by atoms with Crippen molar-refractivity contribution in [2.75, 3.05) is 32.6 Å². The van der Waals surface area contributed by atoms with Gasteiger partial charge in [0.2, 0.25) is 0 Å². The highest BCUT2D eigenvalue weighted by molar-refractivity contribution is 7.12. The van der Waals surface area contributed by atoms with Crippen LogP contribution in [-0.4, -0.2) is 33.2 Å². The fraction of sp³-hybridized carbons (Fsp3) is 0.389. The largest absolute Gasteiger partial charge is 0.497 e. The Morgan fingerprint density at radius 2 is 1.88 bits per heavy atom. The van der Waals surface area contributed by atoms with E-state index >= 15 is 0 Å². The van der Waals surface area contributed by atoms with Crippen molar-refractivity contribution in [3.05, 3.63) is 40.1 Å². The predicted octanol–water partition coefficient (Wildman–Crippen LogP) is 3.48. The number of methoxy groups -OCH3 is 2. The maximum Gasteiger partial charge on any atom is 0.261 e. The maximum atomic E-state index is 12.3. The van der Waals surface area contributed by atoms with E-state index in [1.165, 1.54) is 29.7 Å². The first kappa shape index (κ1) is 16.6. The molecule has 0 atom stereocenters. The van der Waals surface area contributed by atoms with E-state index < -0.39 is 0 Å². The number of ether oxygens (including phenoxy) is 2. The normalized spacial score (nSPS) is 13.4. The number of carbonyl (C=O) groups is 1. The zero-order valence-electron chi connectivity index (χ0n) is 13.9. The second-order valence-corrected chi connectivity index (χ2v) is 6.68. The van der Waals surface area contributed by atoms with Gasteiger partial charge in [-0.3, -0.25) is 4.79 Å². The monoisotopic (exact) mass is 346 g/mol. The number of nitrogens with one attached hydrogen (secondary N) is 2. The first-order valence-corrected chi connectivity index (χ1v) is 8.91. The number of thiophene rings is 1. The van der Waals surface area contributed by atoms with Gasteiger partial charge in [0.25, 0.3) is 5.91 Å². The predicted molar refractivity (Wildman–Crippen MR) is 96.7 cm³/mol. The minimum absolute atomic E-state index is 0.0249. The van der Waals surface area contributed by atoms with E-state index in [-0.39, 0.29) is 5.91 Å². The summed E-state index contributed by atoms with van der Waals surface area (Å²) in [4.78, 5) is 13.2. The summed E-state index contributed by atoms with van der Waals surface area (Å²) in [5, 5.41) is 8.26. The lowest BCUT2D eigenvalue weighted by Gasteiger charge is -2.11. The van der Waals surface area contributed by atoms with Crippen molar-refractivity contribution in [1.82, 2.24) is 5.32 Å². The van der Waals surface area contributed by atoms with E-state index in [1.54, 1.807) is 14.2 Å². The lowest BCUT2D eigenvalue weighted by atomic mass is 10.1. The Hall–Kier alpha value is -2.21. The van der Waals surface area contributed by atoms with Crippen molar-refractivity contribution in [2.45, 2.75) is 18.8 Å². The summed E-state index contributed by atoms with van der Waals surface area (Å²) in [5.74, 6) is 2.08. The molecule has 0 aliphatic heterocycles. The zero-order chi connectivity index (χ0) is 16.9. The van der Waals surface area contributed by atoms with Gasteiger partial charge in [-0.05, 0) is 35.8 Å². The van der Waals surface area contributed by atoms with Crippen molar-refractivity contribution >= 4 is 22.9 Å². The van der Waals surface area contributed by atoms with Crippen LogP contribution in [0.1, 0.15) is 34.0 Å². The van der Waals surface area contributed by atoms with Crippen molar-refractivity contribution in [3.8, 4) is 11.5 Å². The minimum Gasteiger partial charge on any atom is -0.497 e. The fourth-order valence-corrected chi connectivity index (χ4v) is 3.49. The molecular formula is C18H22N2O3S. The second kappa shape index (κ2) is 7.57. The molecule has 2 N–H and O–H groups in total. The molecule has 128 valence electrons. The highest BCUT2D eigenvalue weighted by Crippen LogP contribution is 2.43. The molecule has 1 amide bonds. The second-order valence-electron chi connectivity index (χ2n) is 5.76. The van der Waals surface area contributed by atoms with E-state index in [1.807, 2.05) is 23.6 Å². The average Bonchev–Trinajstić information content (AvgIpc) is 3.34. The van der Waals surface area contributed by atoms with E-state index in [2.05, 4.69) is 16.7 Å². The Morgan fingerprint density at radius 3 is 2.50 bits per heavy atom. The molecule has 1 saturated carbocycles. The third kappa shape index (κ3) is 4.00. The highest BCUT2D eigenvalue weighted by atomic mass is 32.1. The first-order valence-electron chi connectivity index (χ1n) is 8.04. The molecule has 6 heteroatoms. The third-order valence-corrected chi connectivity index (χ3v) is 4.94. The van der Waals surface area contributed by atoms with Crippen LogP contribution in [0.2, 0.25) is 0 Å². The number of hydrogen-bond acceptors (Lipinski definition) is 5. The van der Waals surface area contributed by atoms with Gasteiger partial charge in [-0.25, -0.2) is 0 Å². The third-order valence-electron chi connectivity index (χ3n) is 4.01. The smallest absolute Gasteiger partial charge is 0.261 e. The maximum absolute atomic E-state index is 12.3. The number of anilines is 1. The Labute approximate surface area is 146 Å². The standard InChI is InChI=1S/C18H22N2O3S/c1-22-14-9-13(10-15(11-14)23-2)19-6-7-20-18(21)17-16(5-8-24-17)12-3-4-12/h5,8-12,19H,3-4,6-7H2,1-2H3,(H,20,21). The summed E-state index contributed by atoms with van der Waals surface area (Å²) in [6.45, 7) is 1.19. The van der Waals surface area contributed by atoms with E-state index in [0.29, 0.717) is 19.0 Å². The van der Waals surface area contributed by atoms with Crippen LogP contribution in [0.5, 0.6) is 11.5 Å². The van der Waals surface area contributed by atoms with Crippen molar-refractivity contribution in [2.24, 2.45) is 0 Å². The van der Waals surface area contributed by atoms with Crippen LogP contribution in [0, 0.1) is 0 Å². The Balaban J connectivity index is 1.50. The SMILES string of the molecule is COc1cc(NCCNC(=O)c2sccc2C2CC2)cc(OC)c1. The van der Waals surface area contributed by atoms with Crippen LogP contribution < -0.4 is 20.1 Å². The topological polar surface area (TPSA) is 59.6 Å². The van der Waals surface area contributed by atoms with Crippen LogP contribution >= 0.6 is 11.3 Å². The van der Waals surface area contributed by atoms with Crippen LogP contribution in [0.3, 0.4) is 0 Å². The highest BCUT2D eigenvalue weighted by Gasteiger charge is 2.28. The van der Waals surface area contributed by atoms with Gasteiger partial charge in [0, 0.05) is 37.0 Å². The Kier molecular flexibility index (Phi) is 5.25. The van der Waals surface area contributed by atoms with Crippen molar-refractivity contribution < 1.29 is 14.3 Å². The molecule has 1 aliphatic rings. The molecule has 0 unspecified atom stereocenters. The van der Waals surface area contributed by atoms with Gasteiger partial charge in [-0.2, -0.15) is 0 Å². The summed E-state index contributed by atoms with van der Waals surface area (Å²) in [7, 11) is 3.24.